The first-order valence-electron chi connectivity index (χ1n) is 9.08. The van der Waals surface area contributed by atoms with Gasteiger partial charge in [0.25, 0.3) is 5.91 Å². The minimum atomic E-state index is -0.463. The zero-order chi connectivity index (χ0) is 20.8. The van der Waals surface area contributed by atoms with Crippen LogP contribution in [0.3, 0.4) is 0 Å². The first-order valence-corrected chi connectivity index (χ1v) is 9.08. The topological polar surface area (TPSA) is 106 Å². The molecule has 3 rings (SSSR count). The zero-order valence-corrected chi connectivity index (χ0v) is 16.4. The van der Waals surface area contributed by atoms with Gasteiger partial charge in [-0.25, -0.2) is 19.7 Å². The summed E-state index contributed by atoms with van der Waals surface area (Å²) in [6.07, 6.45) is 1.44. The first-order chi connectivity index (χ1) is 13.9. The maximum atomic E-state index is 12.5. The third kappa shape index (κ3) is 5.35. The summed E-state index contributed by atoms with van der Waals surface area (Å²) in [5, 5.41) is 5.79. The van der Waals surface area contributed by atoms with Crippen molar-refractivity contribution >= 4 is 29.3 Å². The summed E-state index contributed by atoms with van der Waals surface area (Å²) in [5.74, 6) is -0.0341. The average Bonchev–Trinajstić information content (AvgIpc) is 2.68. The standard InChI is InChI=1S/C21H21N5O3/c1-4-29-20(28)16-9-10-22-18(12-16)26-19(27)15-5-7-17(8-6-15)25-21-23-13(2)11-14(3)24-21/h5-12H,4H2,1-3H3,(H,22,26,27)(H,23,24,25). The van der Waals surface area contributed by atoms with Crippen LogP contribution in [0.4, 0.5) is 17.5 Å². The molecule has 0 saturated carbocycles. The lowest BCUT2D eigenvalue weighted by molar-refractivity contribution is 0.0526. The highest BCUT2D eigenvalue weighted by atomic mass is 16.5. The molecular formula is C21H21N5O3. The number of nitrogens with one attached hydrogen (secondary N) is 2. The number of ether oxygens (including phenoxy) is 1. The molecule has 1 amide bonds. The molecule has 0 aliphatic rings. The fourth-order valence-corrected chi connectivity index (χ4v) is 2.64. The second-order valence-corrected chi connectivity index (χ2v) is 6.28. The van der Waals surface area contributed by atoms with Crippen molar-refractivity contribution < 1.29 is 14.3 Å². The van der Waals surface area contributed by atoms with Gasteiger partial charge in [0.1, 0.15) is 5.82 Å². The lowest BCUT2D eigenvalue weighted by Crippen LogP contribution is -2.14. The van der Waals surface area contributed by atoms with E-state index in [1.54, 1.807) is 31.2 Å². The Kier molecular flexibility index (Phi) is 6.13. The van der Waals surface area contributed by atoms with Crippen molar-refractivity contribution in [3.05, 3.63) is 71.2 Å². The van der Waals surface area contributed by atoms with E-state index < -0.39 is 5.97 Å². The van der Waals surface area contributed by atoms with E-state index in [-0.39, 0.29) is 18.3 Å². The second kappa shape index (κ2) is 8.92. The van der Waals surface area contributed by atoms with Crippen LogP contribution in [0.15, 0.2) is 48.7 Å². The van der Waals surface area contributed by atoms with Gasteiger partial charge in [0.15, 0.2) is 0 Å². The largest absolute Gasteiger partial charge is 0.462 e. The molecule has 0 bridgehead atoms. The summed E-state index contributed by atoms with van der Waals surface area (Å²) in [5.41, 5.74) is 3.27. The molecule has 0 aliphatic carbocycles. The number of aryl methyl sites for hydroxylation is 2. The molecule has 3 aromatic rings. The maximum absolute atomic E-state index is 12.5. The van der Waals surface area contributed by atoms with Crippen molar-refractivity contribution in [2.45, 2.75) is 20.8 Å². The molecule has 0 atom stereocenters. The highest BCUT2D eigenvalue weighted by Crippen LogP contribution is 2.16. The number of nitrogens with zero attached hydrogens (tertiary/aromatic N) is 3. The van der Waals surface area contributed by atoms with Crippen molar-refractivity contribution in [3.63, 3.8) is 0 Å². The zero-order valence-electron chi connectivity index (χ0n) is 16.4. The Morgan fingerprint density at radius 1 is 0.966 bits per heavy atom. The Hall–Kier alpha value is -3.81. The van der Waals surface area contributed by atoms with Gasteiger partial charge in [-0.2, -0.15) is 0 Å². The number of hydrogen-bond acceptors (Lipinski definition) is 7. The average molecular weight is 391 g/mol. The Bertz CT molecular complexity index is 1010. The predicted octanol–water partition coefficient (Wildman–Crippen LogP) is 3.66. The molecule has 0 unspecified atom stereocenters. The number of amides is 1. The first kappa shape index (κ1) is 19.9. The quantitative estimate of drug-likeness (QED) is 0.618. The molecular weight excluding hydrogens is 370 g/mol. The maximum Gasteiger partial charge on any atom is 0.338 e. The van der Waals surface area contributed by atoms with Gasteiger partial charge in [-0.05, 0) is 63.2 Å². The van der Waals surface area contributed by atoms with Crippen LogP contribution in [0.2, 0.25) is 0 Å². The molecule has 2 heterocycles. The van der Waals surface area contributed by atoms with Gasteiger partial charge in [-0.3, -0.25) is 4.79 Å². The molecule has 148 valence electrons. The minimum Gasteiger partial charge on any atom is -0.462 e. The number of anilines is 3. The number of benzene rings is 1. The lowest BCUT2D eigenvalue weighted by Gasteiger charge is -2.09. The van der Waals surface area contributed by atoms with E-state index in [4.69, 9.17) is 4.74 Å². The molecule has 0 fully saturated rings. The Morgan fingerprint density at radius 3 is 2.31 bits per heavy atom. The van der Waals surface area contributed by atoms with Crippen LogP contribution in [-0.4, -0.2) is 33.4 Å². The molecule has 0 spiro atoms. The van der Waals surface area contributed by atoms with Gasteiger partial charge in [-0.15, -0.1) is 0 Å². The molecule has 8 nitrogen and oxygen atoms in total. The van der Waals surface area contributed by atoms with E-state index in [9.17, 15) is 9.59 Å². The van der Waals surface area contributed by atoms with Crippen molar-refractivity contribution in [1.29, 1.82) is 0 Å². The SMILES string of the molecule is CCOC(=O)c1ccnc(NC(=O)c2ccc(Nc3nc(C)cc(C)n3)cc2)c1. The normalized spacial score (nSPS) is 10.3. The lowest BCUT2D eigenvalue weighted by atomic mass is 10.2. The number of esters is 1. The van der Waals surface area contributed by atoms with Crippen LogP contribution in [0.5, 0.6) is 0 Å². The Labute approximate surface area is 168 Å². The van der Waals surface area contributed by atoms with Gasteiger partial charge in [-0.1, -0.05) is 0 Å². The molecule has 2 aromatic heterocycles. The van der Waals surface area contributed by atoms with Crippen LogP contribution in [0, 0.1) is 13.8 Å². The number of carbonyl (C=O) groups excluding carboxylic acids is 2. The molecule has 0 aliphatic heterocycles. The molecule has 0 saturated heterocycles. The predicted molar refractivity (Wildman–Crippen MR) is 109 cm³/mol. The van der Waals surface area contributed by atoms with Crippen LogP contribution >= 0.6 is 0 Å². The third-order valence-electron chi connectivity index (χ3n) is 3.90. The molecule has 8 heteroatoms. The summed E-state index contributed by atoms with van der Waals surface area (Å²) in [4.78, 5) is 37.0. The molecule has 29 heavy (non-hydrogen) atoms. The van der Waals surface area contributed by atoms with Gasteiger partial charge < -0.3 is 15.4 Å². The van der Waals surface area contributed by atoms with E-state index in [1.165, 1.54) is 18.3 Å². The van der Waals surface area contributed by atoms with Gasteiger partial charge in [0.2, 0.25) is 5.95 Å². The van der Waals surface area contributed by atoms with E-state index in [1.807, 2.05) is 19.9 Å². The Balaban J connectivity index is 1.67. The van der Waals surface area contributed by atoms with Crippen LogP contribution in [0.25, 0.3) is 0 Å². The third-order valence-corrected chi connectivity index (χ3v) is 3.90. The number of aromatic nitrogens is 3. The minimum absolute atomic E-state index is 0.270. The molecule has 2 N–H and O–H groups in total. The van der Waals surface area contributed by atoms with E-state index in [0.29, 0.717) is 17.1 Å². The van der Waals surface area contributed by atoms with E-state index >= 15 is 0 Å². The smallest absolute Gasteiger partial charge is 0.338 e. The molecule has 1 aromatic carbocycles. The van der Waals surface area contributed by atoms with Crippen LogP contribution in [0.1, 0.15) is 39.0 Å². The van der Waals surface area contributed by atoms with Gasteiger partial charge in [0.05, 0.1) is 12.2 Å². The second-order valence-electron chi connectivity index (χ2n) is 6.28. The number of pyridine rings is 1. The summed E-state index contributed by atoms with van der Waals surface area (Å²) in [6, 6.07) is 11.8. The summed E-state index contributed by atoms with van der Waals surface area (Å²) in [6.45, 7) is 5.81. The van der Waals surface area contributed by atoms with Crippen molar-refractivity contribution in [1.82, 2.24) is 15.0 Å². The number of hydrogen-bond donors (Lipinski definition) is 2. The Morgan fingerprint density at radius 2 is 1.66 bits per heavy atom. The highest BCUT2D eigenvalue weighted by molar-refractivity contribution is 6.04. The van der Waals surface area contributed by atoms with E-state index in [2.05, 4.69) is 25.6 Å². The van der Waals surface area contributed by atoms with Crippen molar-refractivity contribution in [2.75, 3.05) is 17.2 Å². The fourth-order valence-electron chi connectivity index (χ4n) is 2.64. The van der Waals surface area contributed by atoms with Gasteiger partial charge in [0, 0.05) is 28.8 Å². The van der Waals surface area contributed by atoms with Crippen molar-refractivity contribution in [2.24, 2.45) is 0 Å². The number of rotatable bonds is 6. The summed E-state index contributed by atoms with van der Waals surface area (Å²) >= 11 is 0. The summed E-state index contributed by atoms with van der Waals surface area (Å²) < 4.78 is 4.95. The monoisotopic (exact) mass is 391 g/mol. The fraction of sp³-hybridized carbons (Fsp3) is 0.190. The van der Waals surface area contributed by atoms with Crippen molar-refractivity contribution in [3.8, 4) is 0 Å². The summed E-state index contributed by atoms with van der Waals surface area (Å²) in [7, 11) is 0. The van der Waals surface area contributed by atoms with Gasteiger partial charge >= 0.3 is 5.97 Å². The highest BCUT2D eigenvalue weighted by Gasteiger charge is 2.11. The molecule has 0 radical (unpaired) electrons. The number of carbonyl (C=O) groups is 2. The van der Waals surface area contributed by atoms with E-state index in [0.717, 1.165) is 17.1 Å². The van der Waals surface area contributed by atoms with Crippen LogP contribution in [-0.2, 0) is 4.74 Å². The van der Waals surface area contributed by atoms with Crippen LogP contribution < -0.4 is 10.6 Å².